The van der Waals surface area contributed by atoms with Crippen molar-refractivity contribution >= 4 is 27.7 Å². The molecule has 1 aliphatic rings. The van der Waals surface area contributed by atoms with Crippen LogP contribution in [0.2, 0.25) is 0 Å². The van der Waals surface area contributed by atoms with Gasteiger partial charge < -0.3 is 10.2 Å². The maximum absolute atomic E-state index is 12.4. The number of pyridine rings is 1. The molecule has 6 heteroatoms. The van der Waals surface area contributed by atoms with E-state index >= 15 is 0 Å². The number of halogens is 1. The predicted molar refractivity (Wildman–Crippen MR) is 74.2 cm³/mol. The molecule has 1 atom stereocenters. The highest BCUT2D eigenvalue weighted by atomic mass is 79.9. The number of piperazine rings is 1. The molecule has 1 N–H and O–H groups in total. The number of nitrogens with zero attached hydrogens (tertiary/aromatic N) is 2. The van der Waals surface area contributed by atoms with Crippen molar-refractivity contribution in [3.05, 3.63) is 28.5 Å². The molecule has 1 saturated heterocycles. The lowest BCUT2D eigenvalue weighted by molar-refractivity contribution is -0.149. The van der Waals surface area contributed by atoms with Gasteiger partial charge in [-0.2, -0.15) is 0 Å². The number of amides is 2. The van der Waals surface area contributed by atoms with Crippen molar-refractivity contribution in [2.24, 2.45) is 0 Å². The molecule has 1 aromatic rings. The molecule has 0 saturated carbocycles. The van der Waals surface area contributed by atoms with Crippen LogP contribution in [0.5, 0.6) is 0 Å². The first-order chi connectivity index (χ1) is 8.94. The molecule has 0 spiro atoms. The van der Waals surface area contributed by atoms with E-state index in [2.05, 4.69) is 26.2 Å². The second kappa shape index (κ2) is 5.28. The summed E-state index contributed by atoms with van der Waals surface area (Å²) < 4.78 is 0.858. The van der Waals surface area contributed by atoms with E-state index in [9.17, 15) is 9.59 Å². The van der Waals surface area contributed by atoms with Gasteiger partial charge in [0.05, 0.1) is 6.54 Å². The molecule has 0 bridgehead atoms. The van der Waals surface area contributed by atoms with Crippen molar-refractivity contribution in [3.8, 4) is 0 Å². The van der Waals surface area contributed by atoms with Crippen LogP contribution in [-0.4, -0.2) is 33.8 Å². The van der Waals surface area contributed by atoms with Crippen molar-refractivity contribution in [2.45, 2.75) is 32.4 Å². The van der Waals surface area contributed by atoms with E-state index in [4.69, 9.17) is 0 Å². The summed E-state index contributed by atoms with van der Waals surface area (Å²) in [5.74, 6) is -0.165. The minimum atomic E-state index is -0.797. The maximum atomic E-state index is 12.4. The lowest BCUT2D eigenvalue weighted by Crippen LogP contribution is -2.64. The molecule has 0 aliphatic carbocycles. The molecule has 19 heavy (non-hydrogen) atoms. The fourth-order valence-electron chi connectivity index (χ4n) is 2.12. The van der Waals surface area contributed by atoms with Crippen molar-refractivity contribution in [3.63, 3.8) is 0 Å². The average molecular weight is 326 g/mol. The van der Waals surface area contributed by atoms with E-state index in [-0.39, 0.29) is 18.4 Å². The first-order valence-corrected chi connectivity index (χ1v) is 6.94. The number of hydrogen-bond donors (Lipinski definition) is 1. The standard InChI is InChI=1S/C13H16BrN3O2/c1-3-13(2)12(19)17(8-11(18)16-13)7-9-4-10(14)6-15-5-9/h4-6H,3,7-8H2,1-2H3,(H,16,18). The van der Waals surface area contributed by atoms with Gasteiger partial charge >= 0.3 is 0 Å². The van der Waals surface area contributed by atoms with Crippen LogP contribution in [0.4, 0.5) is 0 Å². The zero-order valence-electron chi connectivity index (χ0n) is 10.9. The van der Waals surface area contributed by atoms with Crippen LogP contribution < -0.4 is 5.32 Å². The van der Waals surface area contributed by atoms with E-state index in [0.717, 1.165) is 10.0 Å². The van der Waals surface area contributed by atoms with Gasteiger partial charge in [0, 0.05) is 23.4 Å². The third-order valence-corrected chi connectivity index (χ3v) is 3.78. The first-order valence-electron chi connectivity index (χ1n) is 6.14. The van der Waals surface area contributed by atoms with Gasteiger partial charge in [0.15, 0.2) is 0 Å². The molecule has 1 aromatic heterocycles. The Morgan fingerprint density at radius 1 is 1.47 bits per heavy atom. The van der Waals surface area contributed by atoms with Crippen LogP contribution in [-0.2, 0) is 16.1 Å². The van der Waals surface area contributed by atoms with E-state index in [1.165, 1.54) is 0 Å². The molecule has 1 aliphatic heterocycles. The zero-order valence-corrected chi connectivity index (χ0v) is 12.5. The molecule has 2 heterocycles. The monoisotopic (exact) mass is 325 g/mol. The lowest BCUT2D eigenvalue weighted by atomic mass is 9.94. The van der Waals surface area contributed by atoms with E-state index < -0.39 is 5.54 Å². The fourth-order valence-corrected chi connectivity index (χ4v) is 2.54. The Morgan fingerprint density at radius 2 is 2.21 bits per heavy atom. The highest BCUT2D eigenvalue weighted by Crippen LogP contribution is 2.20. The molecular formula is C13H16BrN3O2. The maximum Gasteiger partial charge on any atom is 0.248 e. The molecule has 1 fully saturated rings. The summed E-state index contributed by atoms with van der Waals surface area (Å²) in [5.41, 5.74) is 0.102. The molecule has 2 amide bonds. The van der Waals surface area contributed by atoms with Gasteiger partial charge in [0.25, 0.3) is 0 Å². The van der Waals surface area contributed by atoms with Crippen LogP contribution in [0.3, 0.4) is 0 Å². The number of nitrogens with one attached hydrogen (secondary N) is 1. The smallest absolute Gasteiger partial charge is 0.248 e. The summed E-state index contributed by atoms with van der Waals surface area (Å²) in [6, 6.07) is 1.90. The summed E-state index contributed by atoms with van der Waals surface area (Å²) in [5, 5.41) is 2.76. The molecule has 1 unspecified atom stereocenters. The van der Waals surface area contributed by atoms with Crippen molar-refractivity contribution < 1.29 is 9.59 Å². The number of carbonyl (C=O) groups is 2. The summed E-state index contributed by atoms with van der Waals surface area (Å²) in [7, 11) is 0. The second-order valence-electron chi connectivity index (χ2n) is 4.91. The highest BCUT2D eigenvalue weighted by molar-refractivity contribution is 9.10. The Kier molecular flexibility index (Phi) is 3.89. The Bertz CT molecular complexity index is 520. The topological polar surface area (TPSA) is 62.3 Å². The minimum Gasteiger partial charge on any atom is -0.340 e. The highest BCUT2D eigenvalue weighted by Gasteiger charge is 2.41. The van der Waals surface area contributed by atoms with E-state index in [1.54, 1.807) is 24.2 Å². The normalized spacial score (nSPS) is 23.4. The van der Waals surface area contributed by atoms with Gasteiger partial charge in [-0.1, -0.05) is 6.92 Å². The van der Waals surface area contributed by atoms with E-state index in [1.807, 2.05) is 13.0 Å². The lowest BCUT2D eigenvalue weighted by Gasteiger charge is -2.39. The van der Waals surface area contributed by atoms with Gasteiger partial charge in [0.1, 0.15) is 5.54 Å². The van der Waals surface area contributed by atoms with Crippen LogP contribution in [0.15, 0.2) is 22.9 Å². The van der Waals surface area contributed by atoms with Crippen molar-refractivity contribution in [1.29, 1.82) is 0 Å². The molecule has 102 valence electrons. The number of carbonyl (C=O) groups excluding carboxylic acids is 2. The number of rotatable bonds is 3. The summed E-state index contributed by atoms with van der Waals surface area (Å²) in [4.78, 5) is 29.8. The van der Waals surface area contributed by atoms with Gasteiger partial charge in [0.2, 0.25) is 11.8 Å². The van der Waals surface area contributed by atoms with Gasteiger partial charge in [-0.05, 0) is 40.9 Å². The summed E-state index contributed by atoms with van der Waals surface area (Å²) in [6.45, 7) is 4.15. The SMILES string of the molecule is CCC1(C)NC(=O)CN(Cc2cncc(Br)c2)C1=O. The average Bonchev–Trinajstić information content (AvgIpc) is 2.35. The van der Waals surface area contributed by atoms with Crippen LogP contribution in [0.25, 0.3) is 0 Å². The quantitative estimate of drug-likeness (QED) is 0.915. The van der Waals surface area contributed by atoms with Crippen LogP contribution in [0, 0.1) is 0 Å². The Balaban J connectivity index is 2.19. The Labute approximate surface area is 120 Å². The van der Waals surface area contributed by atoms with Gasteiger partial charge in [-0.25, -0.2) is 0 Å². The molecule has 0 aromatic carbocycles. The molecule has 0 radical (unpaired) electrons. The van der Waals surface area contributed by atoms with Gasteiger partial charge in [-0.15, -0.1) is 0 Å². The first kappa shape index (κ1) is 14.0. The van der Waals surface area contributed by atoms with Crippen molar-refractivity contribution in [2.75, 3.05) is 6.54 Å². The molecule has 5 nitrogen and oxygen atoms in total. The summed E-state index contributed by atoms with van der Waals surface area (Å²) in [6.07, 6.45) is 3.96. The minimum absolute atomic E-state index is 0.0467. The molecular weight excluding hydrogens is 310 g/mol. The van der Waals surface area contributed by atoms with Crippen molar-refractivity contribution in [1.82, 2.24) is 15.2 Å². The number of aromatic nitrogens is 1. The third-order valence-electron chi connectivity index (χ3n) is 3.35. The van der Waals surface area contributed by atoms with Crippen LogP contribution in [0.1, 0.15) is 25.8 Å². The van der Waals surface area contributed by atoms with Crippen LogP contribution >= 0.6 is 15.9 Å². The third kappa shape index (κ3) is 2.94. The van der Waals surface area contributed by atoms with Gasteiger partial charge in [-0.3, -0.25) is 14.6 Å². The largest absolute Gasteiger partial charge is 0.340 e. The zero-order chi connectivity index (χ0) is 14.0. The van der Waals surface area contributed by atoms with E-state index in [0.29, 0.717) is 13.0 Å². The molecule has 2 rings (SSSR count). The fraction of sp³-hybridized carbons (Fsp3) is 0.462. The summed E-state index contributed by atoms with van der Waals surface area (Å²) >= 11 is 3.34. The Morgan fingerprint density at radius 3 is 2.84 bits per heavy atom. The Hall–Kier alpha value is -1.43. The number of hydrogen-bond acceptors (Lipinski definition) is 3. The predicted octanol–water partition coefficient (Wildman–Crippen LogP) is 1.47. The second-order valence-corrected chi connectivity index (χ2v) is 5.82.